The van der Waals surface area contributed by atoms with Gasteiger partial charge < -0.3 is 4.90 Å². The van der Waals surface area contributed by atoms with Gasteiger partial charge in [0.1, 0.15) is 0 Å². The number of sulfonamides is 1. The Morgan fingerprint density at radius 2 is 2.00 bits per heavy atom. The normalized spacial score (nSPS) is 25.5. The minimum Gasteiger partial charge on any atom is -0.340 e. The zero-order valence-electron chi connectivity index (χ0n) is 15.5. The van der Waals surface area contributed by atoms with Crippen molar-refractivity contribution in [3.8, 4) is 0 Å². The quantitative estimate of drug-likeness (QED) is 0.809. The molecular weight excluding hydrogens is 340 g/mol. The molecule has 2 fully saturated rings. The van der Waals surface area contributed by atoms with E-state index in [4.69, 9.17) is 0 Å². The summed E-state index contributed by atoms with van der Waals surface area (Å²) < 4.78 is 29.2. The summed E-state index contributed by atoms with van der Waals surface area (Å²) in [6.45, 7) is 9.66. The van der Waals surface area contributed by atoms with Crippen LogP contribution in [0.2, 0.25) is 0 Å². The van der Waals surface area contributed by atoms with E-state index < -0.39 is 15.4 Å². The van der Waals surface area contributed by atoms with Crippen LogP contribution in [-0.4, -0.2) is 59.0 Å². The number of hydrogen-bond donors (Lipinski definition) is 0. The number of carbonyl (C=O) groups excluding carboxylic acids is 1. The highest BCUT2D eigenvalue weighted by molar-refractivity contribution is 7.89. The third kappa shape index (κ3) is 2.99. The predicted molar refractivity (Wildman–Crippen MR) is 94.5 cm³/mol. The third-order valence-electron chi connectivity index (χ3n) is 5.48. The average molecular weight is 369 g/mol. The molecule has 2 aliphatic rings. The lowest BCUT2D eigenvalue weighted by atomic mass is 9.78. The Morgan fingerprint density at radius 3 is 2.64 bits per heavy atom. The molecule has 2 aliphatic heterocycles. The first kappa shape index (κ1) is 18.4. The van der Waals surface area contributed by atoms with Gasteiger partial charge in [-0.05, 0) is 53.0 Å². The number of hydrogen-bond acceptors (Lipinski definition) is 4. The molecular formula is C17H28N4O3S. The van der Waals surface area contributed by atoms with Crippen molar-refractivity contribution in [3.05, 3.63) is 11.8 Å². The van der Waals surface area contributed by atoms with Crippen LogP contribution in [0.25, 0.3) is 0 Å². The predicted octanol–water partition coefficient (Wildman–Crippen LogP) is 1.62. The summed E-state index contributed by atoms with van der Waals surface area (Å²) in [5, 5.41) is 4.49. The Bertz CT molecular complexity index is 771. The highest BCUT2D eigenvalue weighted by atomic mass is 32.2. The third-order valence-corrected chi connectivity index (χ3v) is 7.33. The van der Waals surface area contributed by atoms with E-state index in [1.807, 2.05) is 25.7 Å². The molecule has 1 amide bonds. The molecule has 0 bridgehead atoms. The topological polar surface area (TPSA) is 75.5 Å². The Morgan fingerprint density at radius 1 is 1.28 bits per heavy atom. The van der Waals surface area contributed by atoms with Gasteiger partial charge in [0.2, 0.25) is 5.91 Å². The zero-order chi connectivity index (χ0) is 18.4. The zero-order valence-corrected chi connectivity index (χ0v) is 16.3. The van der Waals surface area contributed by atoms with Crippen molar-refractivity contribution >= 4 is 15.9 Å². The molecule has 1 unspecified atom stereocenters. The Kier molecular flexibility index (Phi) is 4.70. The minimum atomic E-state index is -3.63. The number of nitrogens with zero attached hydrogens (tertiary/aromatic N) is 4. The van der Waals surface area contributed by atoms with E-state index in [-0.39, 0.29) is 23.5 Å². The number of amides is 1. The largest absolute Gasteiger partial charge is 0.340 e. The van der Waals surface area contributed by atoms with Crippen LogP contribution >= 0.6 is 0 Å². The standard InChI is InChI=1S/C17H28N4O3S/c1-5-21-15(11-14(4)18-21)25(23,24)19-10-8-17(12-19)7-6-9-20(13(2)3)16(17)22/h11,13H,5-10,12H2,1-4H3. The second kappa shape index (κ2) is 6.39. The fourth-order valence-corrected chi connectivity index (χ4v) is 5.87. The van der Waals surface area contributed by atoms with E-state index in [0.717, 1.165) is 19.4 Å². The van der Waals surface area contributed by atoms with Crippen LogP contribution < -0.4 is 0 Å². The summed E-state index contributed by atoms with van der Waals surface area (Å²) in [5.74, 6) is 0.117. The lowest BCUT2D eigenvalue weighted by Gasteiger charge is -2.41. The summed E-state index contributed by atoms with van der Waals surface area (Å²) in [6, 6.07) is 1.77. The molecule has 25 heavy (non-hydrogen) atoms. The van der Waals surface area contributed by atoms with Crippen molar-refractivity contribution in [2.24, 2.45) is 5.41 Å². The van der Waals surface area contributed by atoms with Crippen molar-refractivity contribution in [2.75, 3.05) is 19.6 Å². The van der Waals surface area contributed by atoms with Crippen molar-refractivity contribution < 1.29 is 13.2 Å². The molecule has 1 aromatic heterocycles. The molecule has 0 N–H and O–H groups in total. The van der Waals surface area contributed by atoms with Crippen molar-refractivity contribution in [2.45, 2.75) is 64.6 Å². The molecule has 0 saturated carbocycles. The van der Waals surface area contributed by atoms with Crippen molar-refractivity contribution in [1.29, 1.82) is 0 Å². The fourth-order valence-electron chi connectivity index (χ4n) is 4.10. The molecule has 0 aromatic carbocycles. The van der Waals surface area contributed by atoms with Gasteiger partial charge in [-0.1, -0.05) is 0 Å². The van der Waals surface area contributed by atoms with Gasteiger partial charge in [-0.3, -0.25) is 9.48 Å². The second-order valence-electron chi connectivity index (χ2n) is 7.50. The maximum Gasteiger partial charge on any atom is 0.260 e. The number of likely N-dealkylation sites (tertiary alicyclic amines) is 1. The molecule has 2 saturated heterocycles. The van der Waals surface area contributed by atoms with Gasteiger partial charge in [0.05, 0.1) is 11.1 Å². The van der Waals surface area contributed by atoms with E-state index in [2.05, 4.69) is 5.10 Å². The van der Waals surface area contributed by atoms with Gasteiger partial charge in [-0.2, -0.15) is 9.40 Å². The van der Waals surface area contributed by atoms with E-state index in [1.165, 1.54) is 8.99 Å². The molecule has 7 nitrogen and oxygen atoms in total. The van der Waals surface area contributed by atoms with E-state index >= 15 is 0 Å². The van der Waals surface area contributed by atoms with Crippen LogP contribution in [0.4, 0.5) is 0 Å². The molecule has 1 spiro atoms. The van der Waals surface area contributed by atoms with Crippen molar-refractivity contribution in [1.82, 2.24) is 19.0 Å². The molecule has 140 valence electrons. The second-order valence-corrected chi connectivity index (χ2v) is 9.39. The number of carbonyl (C=O) groups is 1. The van der Waals surface area contributed by atoms with Crippen LogP contribution in [0.1, 0.15) is 45.7 Å². The first-order chi connectivity index (χ1) is 11.7. The first-order valence-corrected chi connectivity index (χ1v) is 10.5. The van der Waals surface area contributed by atoms with Gasteiger partial charge in [-0.25, -0.2) is 8.42 Å². The molecule has 1 atom stereocenters. The molecule has 3 rings (SSSR count). The summed E-state index contributed by atoms with van der Waals surface area (Å²) >= 11 is 0. The number of rotatable bonds is 4. The lowest BCUT2D eigenvalue weighted by molar-refractivity contribution is -0.147. The smallest absolute Gasteiger partial charge is 0.260 e. The summed E-state index contributed by atoms with van der Waals surface area (Å²) in [4.78, 5) is 14.9. The summed E-state index contributed by atoms with van der Waals surface area (Å²) in [6.07, 6.45) is 2.31. The number of aryl methyl sites for hydroxylation is 2. The van der Waals surface area contributed by atoms with Crippen LogP contribution in [0.3, 0.4) is 0 Å². The first-order valence-electron chi connectivity index (χ1n) is 9.07. The minimum absolute atomic E-state index is 0.117. The summed E-state index contributed by atoms with van der Waals surface area (Å²) in [7, 11) is -3.63. The Hall–Kier alpha value is -1.41. The van der Waals surface area contributed by atoms with Crippen LogP contribution in [0.5, 0.6) is 0 Å². The van der Waals surface area contributed by atoms with Crippen LogP contribution in [0, 0.1) is 12.3 Å². The fraction of sp³-hybridized carbons (Fsp3) is 0.765. The lowest BCUT2D eigenvalue weighted by Crippen LogP contribution is -2.52. The van der Waals surface area contributed by atoms with Gasteiger partial charge in [-0.15, -0.1) is 0 Å². The van der Waals surface area contributed by atoms with E-state index in [9.17, 15) is 13.2 Å². The molecule has 1 aromatic rings. The molecule has 0 aliphatic carbocycles. The number of aromatic nitrogens is 2. The summed E-state index contributed by atoms with van der Waals surface area (Å²) in [5.41, 5.74) is 0.135. The maximum atomic E-state index is 13.1. The van der Waals surface area contributed by atoms with Gasteiger partial charge in [0.25, 0.3) is 10.0 Å². The average Bonchev–Trinajstić information content (AvgIpc) is 3.15. The molecule has 3 heterocycles. The van der Waals surface area contributed by atoms with Crippen LogP contribution in [0.15, 0.2) is 11.1 Å². The van der Waals surface area contributed by atoms with Gasteiger partial charge in [0, 0.05) is 32.2 Å². The molecule has 0 radical (unpaired) electrons. The van der Waals surface area contributed by atoms with Gasteiger partial charge in [0.15, 0.2) is 5.03 Å². The Balaban J connectivity index is 1.88. The van der Waals surface area contributed by atoms with E-state index in [1.54, 1.807) is 13.0 Å². The van der Waals surface area contributed by atoms with Crippen LogP contribution in [-0.2, 0) is 21.4 Å². The van der Waals surface area contributed by atoms with E-state index in [0.29, 0.717) is 25.2 Å². The highest BCUT2D eigenvalue weighted by Crippen LogP contribution is 2.42. The van der Waals surface area contributed by atoms with Gasteiger partial charge >= 0.3 is 0 Å². The number of piperidine rings is 1. The molecule has 8 heteroatoms. The SMILES string of the molecule is CCn1nc(C)cc1S(=O)(=O)N1CCC2(CCCN(C(C)C)C2=O)C1. The maximum absolute atomic E-state index is 13.1. The van der Waals surface area contributed by atoms with Crippen molar-refractivity contribution in [3.63, 3.8) is 0 Å². The highest BCUT2D eigenvalue weighted by Gasteiger charge is 2.51. The Labute approximate surface area is 150 Å². The monoisotopic (exact) mass is 368 g/mol.